The van der Waals surface area contributed by atoms with E-state index in [2.05, 4.69) is 26.3 Å². The van der Waals surface area contributed by atoms with Crippen molar-refractivity contribution in [2.75, 3.05) is 0 Å². The largest absolute Gasteiger partial charge is 0.439 e. The first-order valence-electron chi connectivity index (χ1n) is 4.42. The molecule has 0 N–H and O–H groups in total. The van der Waals surface area contributed by atoms with Crippen LogP contribution in [0.1, 0.15) is 0 Å². The second-order valence-electron chi connectivity index (χ2n) is 2.77. The van der Waals surface area contributed by atoms with Crippen LogP contribution in [-0.4, -0.2) is 38.1 Å². The SMILES string of the molecule is C=C[Si](C=C)(O[SiH3])O[Si](C=C)(C=C)O[SiH3]. The Morgan fingerprint density at radius 2 is 1.00 bits per heavy atom. The summed E-state index contributed by atoms with van der Waals surface area (Å²) >= 11 is 0. The summed E-state index contributed by atoms with van der Waals surface area (Å²) in [5.41, 5.74) is 6.79. The second kappa shape index (κ2) is 6.32. The summed E-state index contributed by atoms with van der Waals surface area (Å²) in [6.45, 7) is 14.9. The van der Waals surface area contributed by atoms with Crippen LogP contribution in [0.15, 0.2) is 49.1 Å². The van der Waals surface area contributed by atoms with E-state index in [4.69, 9.17) is 12.3 Å². The third kappa shape index (κ3) is 3.34. The first kappa shape index (κ1) is 14.7. The Bertz CT molecular complexity index is 225. The van der Waals surface area contributed by atoms with E-state index in [0.29, 0.717) is 21.0 Å². The van der Waals surface area contributed by atoms with Gasteiger partial charge >= 0.3 is 17.1 Å². The topological polar surface area (TPSA) is 27.7 Å². The van der Waals surface area contributed by atoms with Gasteiger partial charge in [-0.1, -0.05) is 0 Å². The van der Waals surface area contributed by atoms with Crippen molar-refractivity contribution in [3.05, 3.63) is 49.1 Å². The minimum Gasteiger partial charge on any atom is -0.439 e. The van der Waals surface area contributed by atoms with E-state index < -0.39 is 17.1 Å². The minimum atomic E-state index is -2.51. The van der Waals surface area contributed by atoms with E-state index in [1.54, 1.807) is 22.8 Å². The maximum atomic E-state index is 5.95. The van der Waals surface area contributed by atoms with E-state index >= 15 is 0 Å². The summed E-state index contributed by atoms with van der Waals surface area (Å²) in [5.74, 6) is 0. The van der Waals surface area contributed by atoms with Gasteiger partial charge in [0.05, 0.1) is 0 Å². The first-order valence-corrected chi connectivity index (χ1v) is 10.00. The standard InChI is InChI=1S/C8H18O3Si4/c1-5-14(6-2,9-12)11-15(7-3,8-4)10-13/h5-8H,1-4H2,12-13H3. The van der Waals surface area contributed by atoms with Gasteiger partial charge < -0.3 is 12.3 Å². The van der Waals surface area contributed by atoms with Gasteiger partial charge in [0, 0.05) is 0 Å². The molecule has 0 unspecified atom stereocenters. The van der Waals surface area contributed by atoms with Gasteiger partial charge in [0.25, 0.3) is 0 Å². The van der Waals surface area contributed by atoms with E-state index in [0.717, 1.165) is 0 Å². The molecule has 0 aliphatic rings. The summed E-state index contributed by atoms with van der Waals surface area (Å²) < 4.78 is 16.9. The number of rotatable bonds is 8. The van der Waals surface area contributed by atoms with Gasteiger partial charge in [-0.15, -0.1) is 26.3 Å². The van der Waals surface area contributed by atoms with E-state index in [1.165, 1.54) is 0 Å². The Kier molecular flexibility index (Phi) is 6.20. The fourth-order valence-electron chi connectivity index (χ4n) is 0.999. The van der Waals surface area contributed by atoms with Crippen molar-refractivity contribution < 1.29 is 12.3 Å². The molecule has 7 heteroatoms. The van der Waals surface area contributed by atoms with Crippen LogP contribution in [0.3, 0.4) is 0 Å². The van der Waals surface area contributed by atoms with Crippen molar-refractivity contribution in [1.29, 1.82) is 0 Å². The molecule has 0 saturated heterocycles. The minimum absolute atomic E-state index is 0.570. The molecule has 0 radical (unpaired) electrons. The summed E-state index contributed by atoms with van der Waals surface area (Å²) in [6.07, 6.45) is 0. The van der Waals surface area contributed by atoms with Crippen LogP contribution in [0.5, 0.6) is 0 Å². The van der Waals surface area contributed by atoms with Crippen molar-refractivity contribution in [2.24, 2.45) is 0 Å². The highest BCUT2D eigenvalue weighted by atomic mass is 28.5. The highest BCUT2D eigenvalue weighted by molar-refractivity contribution is 6.92. The lowest BCUT2D eigenvalue weighted by Crippen LogP contribution is -2.51. The van der Waals surface area contributed by atoms with Crippen molar-refractivity contribution in [3.63, 3.8) is 0 Å². The first-order chi connectivity index (χ1) is 7.07. The molecule has 0 saturated carbocycles. The molecule has 0 amide bonds. The predicted molar refractivity (Wildman–Crippen MR) is 75.4 cm³/mol. The summed E-state index contributed by atoms with van der Waals surface area (Å²) in [5, 5.41) is 0. The van der Waals surface area contributed by atoms with E-state index in [-0.39, 0.29) is 0 Å². The average Bonchev–Trinajstić information content (AvgIpc) is 2.33. The van der Waals surface area contributed by atoms with E-state index in [9.17, 15) is 0 Å². The van der Waals surface area contributed by atoms with Gasteiger partial charge in [0.2, 0.25) is 0 Å². The zero-order valence-corrected chi connectivity index (χ0v) is 15.4. The Morgan fingerprint density at radius 3 is 1.13 bits per heavy atom. The number of hydrogen-bond donors (Lipinski definition) is 0. The average molecular weight is 275 g/mol. The molecule has 0 aliphatic heterocycles. The zero-order valence-electron chi connectivity index (χ0n) is 9.36. The lowest BCUT2D eigenvalue weighted by Gasteiger charge is -2.32. The molecule has 0 bridgehead atoms. The predicted octanol–water partition coefficient (Wildman–Crippen LogP) is -0.618. The normalized spacial score (nSPS) is 12.3. The van der Waals surface area contributed by atoms with Crippen LogP contribution < -0.4 is 0 Å². The monoisotopic (exact) mass is 274 g/mol. The van der Waals surface area contributed by atoms with Crippen LogP contribution in [0.2, 0.25) is 0 Å². The van der Waals surface area contributed by atoms with Crippen LogP contribution in [0.25, 0.3) is 0 Å². The Balaban J connectivity index is 5.07. The van der Waals surface area contributed by atoms with Gasteiger partial charge in [-0.25, -0.2) is 0 Å². The van der Waals surface area contributed by atoms with Gasteiger partial charge in [-0.05, 0) is 22.8 Å². The molecule has 0 heterocycles. The highest BCUT2D eigenvalue weighted by Crippen LogP contribution is 2.18. The van der Waals surface area contributed by atoms with Gasteiger partial charge in [-0.2, -0.15) is 0 Å². The zero-order chi connectivity index (χ0) is 11.9. The lowest BCUT2D eigenvalue weighted by molar-refractivity contribution is 0.375. The van der Waals surface area contributed by atoms with Crippen LogP contribution in [0.4, 0.5) is 0 Å². The fourth-order valence-corrected chi connectivity index (χ4v) is 9.49. The van der Waals surface area contributed by atoms with Crippen molar-refractivity contribution in [3.8, 4) is 0 Å². The molecule has 3 nitrogen and oxygen atoms in total. The molecule has 0 aromatic heterocycles. The lowest BCUT2D eigenvalue weighted by atomic mass is 11.2. The summed E-state index contributed by atoms with van der Waals surface area (Å²) in [7, 11) is -3.88. The van der Waals surface area contributed by atoms with Crippen molar-refractivity contribution >= 4 is 38.1 Å². The third-order valence-electron chi connectivity index (χ3n) is 2.10. The molecule has 84 valence electrons. The number of hydrogen-bond acceptors (Lipinski definition) is 3. The molecular weight excluding hydrogens is 256 g/mol. The molecule has 0 aliphatic carbocycles. The highest BCUT2D eigenvalue weighted by Gasteiger charge is 2.40. The quantitative estimate of drug-likeness (QED) is 0.552. The van der Waals surface area contributed by atoms with Gasteiger partial charge in [0.1, 0.15) is 21.0 Å². The molecule has 0 rings (SSSR count). The Hall–Kier alpha value is -0.292. The molecule has 0 fully saturated rings. The third-order valence-corrected chi connectivity index (χ3v) is 12.0. The van der Waals surface area contributed by atoms with Gasteiger partial charge in [0.15, 0.2) is 0 Å². The molecule has 0 spiro atoms. The van der Waals surface area contributed by atoms with Crippen LogP contribution in [0, 0.1) is 0 Å². The Morgan fingerprint density at radius 1 is 0.733 bits per heavy atom. The fraction of sp³-hybridized carbons (Fsp3) is 0. The molecule has 0 aromatic rings. The second-order valence-corrected chi connectivity index (χ2v) is 11.4. The molecule has 0 atom stereocenters. The summed E-state index contributed by atoms with van der Waals surface area (Å²) in [6, 6.07) is 0. The van der Waals surface area contributed by atoms with Crippen LogP contribution in [-0.2, 0) is 12.3 Å². The molecule has 0 aromatic carbocycles. The molecular formula is C8H18O3Si4. The van der Waals surface area contributed by atoms with Crippen molar-refractivity contribution in [1.82, 2.24) is 0 Å². The van der Waals surface area contributed by atoms with E-state index in [1.807, 2.05) is 0 Å². The maximum Gasteiger partial charge on any atom is 0.371 e. The Labute approximate surface area is 99.7 Å². The van der Waals surface area contributed by atoms with Crippen LogP contribution >= 0.6 is 0 Å². The smallest absolute Gasteiger partial charge is 0.371 e. The molecule has 15 heavy (non-hydrogen) atoms. The van der Waals surface area contributed by atoms with Crippen molar-refractivity contribution in [2.45, 2.75) is 0 Å². The summed E-state index contributed by atoms with van der Waals surface area (Å²) in [4.78, 5) is 0. The van der Waals surface area contributed by atoms with Gasteiger partial charge in [-0.3, -0.25) is 0 Å². The maximum absolute atomic E-state index is 5.95.